The molecule has 0 bridgehead atoms. The van der Waals surface area contributed by atoms with Crippen molar-refractivity contribution >= 4 is 39.1 Å². The Kier molecular flexibility index (Phi) is 5.17. The number of hydrogen-bond acceptors (Lipinski definition) is 2. The van der Waals surface area contributed by atoms with Crippen molar-refractivity contribution < 1.29 is 4.79 Å². The third-order valence-electron chi connectivity index (χ3n) is 2.75. The monoisotopic (exact) mass is 352 g/mol. The maximum Gasteiger partial charge on any atom is 0.255 e. The first-order valence-corrected chi connectivity index (χ1v) is 7.27. The SMILES string of the molecule is CNCc1cccc(NC(=O)c2ccc(Br)c(Cl)c2)c1. The van der Waals surface area contributed by atoms with Crippen LogP contribution in [0.3, 0.4) is 0 Å². The van der Waals surface area contributed by atoms with Crippen molar-refractivity contribution in [3.05, 3.63) is 63.1 Å². The summed E-state index contributed by atoms with van der Waals surface area (Å²) < 4.78 is 0.770. The van der Waals surface area contributed by atoms with Gasteiger partial charge in [-0.25, -0.2) is 0 Å². The van der Waals surface area contributed by atoms with Crippen molar-refractivity contribution in [2.45, 2.75) is 6.54 Å². The van der Waals surface area contributed by atoms with Crippen molar-refractivity contribution in [2.24, 2.45) is 0 Å². The lowest BCUT2D eigenvalue weighted by Gasteiger charge is -2.08. The zero-order valence-corrected chi connectivity index (χ0v) is 13.3. The van der Waals surface area contributed by atoms with E-state index < -0.39 is 0 Å². The summed E-state index contributed by atoms with van der Waals surface area (Å²) in [6, 6.07) is 12.8. The highest BCUT2D eigenvalue weighted by molar-refractivity contribution is 9.10. The van der Waals surface area contributed by atoms with E-state index in [9.17, 15) is 4.79 Å². The van der Waals surface area contributed by atoms with E-state index in [1.54, 1.807) is 18.2 Å². The van der Waals surface area contributed by atoms with Gasteiger partial charge in [-0.1, -0.05) is 23.7 Å². The molecule has 20 heavy (non-hydrogen) atoms. The molecule has 0 spiro atoms. The van der Waals surface area contributed by atoms with Crippen molar-refractivity contribution in [3.8, 4) is 0 Å². The van der Waals surface area contributed by atoms with Gasteiger partial charge < -0.3 is 10.6 Å². The maximum absolute atomic E-state index is 12.1. The molecule has 0 fully saturated rings. The van der Waals surface area contributed by atoms with E-state index >= 15 is 0 Å². The Morgan fingerprint density at radius 2 is 2.05 bits per heavy atom. The zero-order valence-electron chi connectivity index (χ0n) is 10.9. The van der Waals surface area contributed by atoms with Crippen LogP contribution in [-0.4, -0.2) is 13.0 Å². The Morgan fingerprint density at radius 1 is 1.25 bits per heavy atom. The topological polar surface area (TPSA) is 41.1 Å². The predicted octanol–water partition coefficient (Wildman–Crippen LogP) is 4.07. The van der Waals surface area contributed by atoms with E-state index in [1.165, 1.54) is 0 Å². The third kappa shape index (κ3) is 3.82. The Morgan fingerprint density at radius 3 is 2.75 bits per heavy atom. The number of benzene rings is 2. The van der Waals surface area contributed by atoms with Crippen LogP contribution >= 0.6 is 27.5 Å². The summed E-state index contributed by atoms with van der Waals surface area (Å²) in [5, 5.41) is 6.45. The van der Waals surface area contributed by atoms with Crippen LogP contribution in [0.1, 0.15) is 15.9 Å². The standard InChI is InChI=1S/C15H14BrClN2O/c1-18-9-10-3-2-4-12(7-10)19-15(20)11-5-6-13(16)14(17)8-11/h2-8,18H,9H2,1H3,(H,19,20). The van der Waals surface area contributed by atoms with Crippen molar-refractivity contribution in [3.63, 3.8) is 0 Å². The lowest BCUT2D eigenvalue weighted by molar-refractivity contribution is 0.102. The molecule has 3 nitrogen and oxygen atoms in total. The van der Waals surface area contributed by atoms with Crippen LogP contribution in [0.2, 0.25) is 5.02 Å². The van der Waals surface area contributed by atoms with Crippen LogP contribution in [0, 0.1) is 0 Å². The molecule has 0 aromatic heterocycles. The number of carbonyl (C=O) groups excluding carboxylic acids is 1. The van der Waals surface area contributed by atoms with Crippen LogP contribution in [0.4, 0.5) is 5.69 Å². The number of rotatable bonds is 4. The molecule has 1 amide bonds. The summed E-state index contributed by atoms with van der Waals surface area (Å²) in [4.78, 5) is 12.1. The summed E-state index contributed by atoms with van der Waals surface area (Å²) in [7, 11) is 1.88. The number of nitrogens with one attached hydrogen (secondary N) is 2. The van der Waals surface area contributed by atoms with Gasteiger partial charge in [-0.3, -0.25) is 4.79 Å². The molecule has 0 atom stereocenters. The second kappa shape index (κ2) is 6.88. The van der Waals surface area contributed by atoms with Gasteiger partial charge in [0.15, 0.2) is 0 Å². The molecule has 0 aliphatic carbocycles. The van der Waals surface area contributed by atoms with Gasteiger partial charge in [0.2, 0.25) is 0 Å². The highest BCUT2D eigenvalue weighted by Crippen LogP contribution is 2.23. The van der Waals surface area contributed by atoms with Gasteiger partial charge in [-0.15, -0.1) is 0 Å². The van der Waals surface area contributed by atoms with Crippen LogP contribution < -0.4 is 10.6 Å². The Balaban J connectivity index is 2.14. The van der Waals surface area contributed by atoms with Gasteiger partial charge >= 0.3 is 0 Å². The molecule has 0 saturated carbocycles. The molecular formula is C15H14BrClN2O. The van der Waals surface area contributed by atoms with Crippen molar-refractivity contribution in [1.29, 1.82) is 0 Å². The van der Waals surface area contributed by atoms with Gasteiger partial charge in [0.05, 0.1) is 5.02 Å². The quantitative estimate of drug-likeness (QED) is 0.870. The molecular weight excluding hydrogens is 340 g/mol. The van der Waals surface area contributed by atoms with Crippen molar-refractivity contribution in [1.82, 2.24) is 5.32 Å². The Bertz CT molecular complexity index is 631. The fourth-order valence-corrected chi connectivity index (χ4v) is 2.23. The van der Waals surface area contributed by atoms with E-state index in [2.05, 4.69) is 26.6 Å². The van der Waals surface area contributed by atoms with Crippen LogP contribution in [-0.2, 0) is 6.54 Å². The first kappa shape index (κ1) is 15.0. The van der Waals surface area contributed by atoms with Crippen LogP contribution in [0.25, 0.3) is 0 Å². The summed E-state index contributed by atoms with van der Waals surface area (Å²) in [5.74, 6) is -0.180. The highest BCUT2D eigenvalue weighted by Gasteiger charge is 2.08. The van der Waals surface area contributed by atoms with Gasteiger partial charge in [0.1, 0.15) is 0 Å². The molecule has 2 N–H and O–H groups in total. The van der Waals surface area contributed by atoms with E-state index in [0.717, 1.165) is 22.3 Å². The minimum Gasteiger partial charge on any atom is -0.322 e. The van der Waals surface area contributed by atoms with Crippen molar-refractivity contribution in [2.75, 3.05) is 12.4 Å². The molecule has 0 heterocycles. The first-order valence-electron chi connectivity index (χ1n) is 6.10. The molecule has 2 aromatic carbocycles. The largest absolute Gasteiger partial charge is 0.322 e. The third-order valence-corrected chi connectivity index (χ3v) is 3.98. The fraction of sp³-hybridized carbons (Fsp3) is 0.133. The minimum absolute atomic E-state index is 0.180. The van der Waals surface area contributed by atoms with E-state index in [-0.39, 0.29) is 5.91 Å². The number of halogens is 2. The lowest BCUT2D eigenvalue weighted by atomic mass is 10.1. The molecule has 0 aliphatic heterocycles. The number of carbonyl (C=O) groups is 1. The smallest absolute Gasteiger partial charge is 0.255 e. The fourth-order valence-electron chi connectivity index (χ4n) is 1.80. The minimum atomic E-state index is -0.180. The summed E-state index contributed by atoms with van der Waals surface area (Å²) in [6.45, 7) is 0.758. The predicted molar refractivity (Wildman–Crippen MR) is 86.3 cm³/mol. The highest BCUT2D eigenvalue weighted by atomic mass is 79.9. The number of anilines is 1. The van der Waals surface area contributed by atoms with E-state index in [4.69, 9.17) is 11.6 Å². The first-order chi connectivity index (χ1) is 9.60. The molecule has 0 saturated heterocycles. The van der Waals surface area contributed by atoms with E-state index in [1.807, 2.05) is 31.3 Å². The van der Waals surface area contributed by atoms with Gasteiger partial charge in [0.25, 0.3) is 5.91 Å². The second-order valence-electron chi connectivity index (χ2n) is 4.31. The molecule has 0 unspecified atom stereocenters. The zero-order chi connectivity index (χ0) is 14.5. The number of amides is 1. The van der Waals surface area contributed by atoms with Crippen LogP contribution in [0.15, 0.2) is 46.9 Å². The normalized spacial score (nSPS) is 10.3. The molecule has 2 rings (SSSR count). The summed E-state index contributed by atoms with van der Waals surface area (Å²) in [5.41, 5.74) is 2.40. The Labute approximate surface area is 131 Å². The molecule has 5 heteroatoms. The number of hydrogen-bond donors (Lipinski definition) is 2. The summed E-state index contributed by atoms with van der Waals surface area (Å²) in [6.07, 6.45) is 0. The second-order valence-corrected chi connectivity index (χ2v) is 5.58. The van der Waals surface area contributed by atoms with Gasteiger partial charge in [0, 0.05) is 22.3 Å². The molecule has 2 aromatic rings. The molecule has 0 radical (unpaired) electrons. The average molecular weight is 354 g/mol. The summed E-state index contributed by atoms with van der Waals surface area (Å²) >= 11 is 9.29. The van der Waals surface area contributed by atoms with Gasteiger partial charge in [-0.05, 0) is 58.9 Å². The lowest BCUT2D eigenvalue weighted by Crippen LogP contribution is -2.12. The molecule has 0 aliphatic rings. The Hall–Kier alpha value is -1.36. The van der Waals surface area contributed by atoms with Gasteiger partial charge in [-0.2, -0.15) is 0 Å². The molecule has 104 valence electrons. The van der Waals surface area contributed by atoms with E-state index in [0.29, 0.717) is 10.6 Å². The average Bonchev–Trinajstić information content (AvgIpc) is 2.42. The maximum atomic E-state index is 12.1. The van der Waals surface area contributed by atoms with Crippen LogP contribution in [0.5, 0.6) is 0 Å².